The highest BCUT2D eigenvalue weighted by Crippen LogP contribution is 2.11. The monoisotopic (exact) mass is 490 g/mol. The quantitative estimate of drug-likeness (QED) is 0.139. The Kier molecular flexibility index (Phi) is 14.9. The van der Waals surface area contributed by atoms with Crippen molar-refractivity contribution < 1.29 is 62.6 Å². The number of carbonyl (C=O) groups is 5. The molecule has 0 aromatic rings. The molecule has 0 aromatic heterocycles. The maximum Gasteiger partial charge on any atom is 0.508 e. The van der Waals surface area contributed by atoms with E-state index in [1.165, 1.54) is 13.8 Å². The lowest BCUT2D eigenvalue weighted by Gasteiger charge is -2.12. The Morgan fingerprint density at radius 3 is 1.29 bits per heavy atom. The number of carboxylic acid groups (broad SMARTS) is 2. The summed E-state index contributed by atoms with van der Waals surface area (Å²) in [5.41, 5.74) is 0.214. The Bertz CT molecular complexity index is 683. The van der Waals surface area contributed by atoms with E-state index in [1.807, 2.05) is 0 Å². The molecular formula is C21H30O13. The second kappa shape index (κ2) is 16.8. The number of esters is 2. The molecule has 0 saturated carbocycles. The van der Waals surface area contributed by atoms with Gasteiger partial charge >= 0.3 is 30.4 Å². The van der Waals surface area contributed by atoms with Crippen LogP contribution >= 0.6 is 0 Å². The lowest BCUT2D eigenvalue weighted by Crippen LogP contribution is -2.19. The van der Waals surface area contributed by atoms with E-state index >= 15 is 0 Å². The maximum absolute atomic E-state index is 11.7. The Morgan fingerprint density at radius 1 is 0.647 bits per heavy atom. The first kappa shape index (κ1) is 30.2. The van der Waals surface area contributed by atoms with Crippen LogP contribution < -0.4 is 0 Å². The van der Waals surface area contributed by atoms with Gasteiger partial charge in [-0.25, -0.2) is 24.0 Å². The average molecular weight is 490 g/mol. The van der Waals surface area contributed by atoms with E-state index in [1.54, 1.807) is 0 Å². The van der Waals surface area contributed by atoms with Crippen LogP contribution in [0.1, 0.15) is 39.5 Å². The van der Waals surface area contributed by atoms with E-state index in [4.69, 9.17) is 29.2 Å². The van der Waals surface area contributed by atoms with E-state index in [0.29, 0.717) is 0 Å². The normalized spacial score (nSPS) is 11.8. The number of ether oxygens (including phenoxy) is 6. The summed E-state index contributed by atoms with van der Waals surface area (Å²) in [5, 5.41) is 17.0. The Labute approximate surface area is 196 Å². The first-order valence-electron chi connectivity index (χ1n) is 10.2. The van der Waals surface area contributed by atoms with Gasteiger partial charge in [0.15, 0.2) is 0 Å². The summed E-state index contributed by atoms with van der Waals surface area (Å²) >= 11 is 0. The van der Waals surface area contributed by atoms with Gasteiger partial charge < -0.3 is 38.6 Å². The molecule has 34 heavy (non-hydrogen) atoms. The Balaban J connectivity index is 3.87. The first-order chi connectivity index (χ1) is 15.9. The van der Waals surface area contributed by atoms with Gasteiger partial charge in [0.2, 0.25) is 0 Å². The minimum Gasteiger partial charge on any atom is -0.459 e. The molecule has 0 aliphatic carbocycles. The SMILES string of the molecule is C=C(CCC(C)OC(=O)O)C(=O)OCCOC(=O)OCCOC(=O)C(=C)CCC(C)OC(=O)O. The molecule has 0 fully saturated rings. The third-order valence-corrected chi connectivity index (χ3v) is 3.96. The van der Waals surface area contributed by atoms with Crippen molar-refractivity contribution in [3.05, 3.63) is 24.3 Å². The van der Waals surface area contributed by atoms with Crippen LogP contribution in [0.4, 0.5) is 14.4 Å². The van der Waals surface area contributed by atoms with Gasteiger partial charge in [0.25, 0.3) is 0 Å². The standard InChI is InChI=1S/C21H30O13/c1-13(5-7-15(3)33-19(24)25)17(22)29-9-11-31-21(28)32-12-10-30-18(23)14(2)6-8-16(4)34-20(26)27/h15-16H,1-2,5-12H2,3-4H3,(H,24,25)(H,26,27). The van der Waals surface area contributed by atoms with E-state index < -0.39 is 42.6 Å². The van der Waals surface area contributed by atoms with Crippen molar-refractivity contribution in [2.45, 2.75) is 51.7 Å². The molecule has 0 heterocycles. The van der Waals surface area contributed by atoms with Crippen molar-refractivity contribution in [2.24, 2.45) is 0 Å². The molecular weight excluding hydrogens is 460 g/mol. The van der Waals surface area contributed by atoms with Gasteiger partial charge in [-0.2, -0.15) is 0 Å². The fourth-order valence-electron chi connectivity index (χ4n) is 2.19. The average Bonchev–Trinajstić information content (AvgIpc) is 2.74. The molecule has 0 amide bonds. The van der Waals surface area contributed by atoms with E-state index in [-0.39, 0.29) is 63.3 Å². The fourth-order valence-corrected chi connectivity index (χ4v) is 2.19. The highest BCUT2D eigenvalue weighted by atomic mass is 16.7. The highest BCUT2D eigenvalue weighted by molar-refractivity contribution is 5.88. The van der Waals surface area contributed by atoms with Crippen molar-refractivity contribution in [1.29, 1.82) is 0 Å². The van der Waals surface area contributed by atoms with Crippen molar-refractivity contribution >= 4 is 30.4 Å². The second-order valence-electron chi connectivity index (χ2n) is 6.89. The highest BCUT2D eigenvalue weighted by Gasteiger charge is 2.15. The van der Waals surface area contributed by atoms with Gasteiger partial charge in [0.1, 0.15) is 38.6 Å². The minimum absolute atomic E-state index is 0.107. The molecule has 0 rings (SSSR count). The lowest BCUT2D eigenvalue weighted by atomic mass is 10.1. The Morgan fingerprint density at radius 2 is 0.971 bits per heavy atom. The van der Waals surface area contributed by atoms with Crippen molar-refractivity contribution in [3.8, 4) is 0 Å². The molecule has 0 spiro atoms. The van der Waals surface area contributed by atoms with Crippen LogP contribution in [0.2, 0.25) is 0 Å². The zero-order valence-electron chi connectivity index (χ0n) is 19.1. The topological polar surface area (TPSA) is 181 Å². The molecule has 0 aliphatic rings. The molecule has 0 bridgehead atoms. The van der Waals surface area contributed by atoms with E-state index in [9.17, 15) is 24.0 Å². The third-order valence-electron chi connectivity index (χ3n) is 3.96. The fraction of sp³-hybridized carbons (Fsp3) is 0.571. The predicted molar refractivity (Wildman–Crippen MR) is 113 cm³/mol. The summed E-state index contributed by atoms with van der Waals surface area (Å²) in [6.45, 7) is 9.05. The summed E-state index contributed by atoms with van der Waals surface area (Å²) in [7, 11) is 0. The molecule has 0 radical (unpaired) electrons. The van der Waals surface area contributed by atoms with Gasteiger partial charge in [-0.1, -0.05) is 13.2 Å². The molecule has 2 unspecified atom stereocenters. The number of hydrogen-bond donors (Lipinski definition) is 2. The van der Waals surface area contributed by atoms with Crippen molar-refractivity contribution in [1.82, 2.24) is 0 Å². The number of carbonyl (C=O) groups excluding carboxylic acids is 3. The summed E-state index contributed by atoms with van der Waals surface area (Å²) < 4.78 is 28.1. The van der Waals surface area contributed by atoms with Gasteiger partial charge in [0, 0.05) is 11.1 Å². The van der Waals surface area contributed by atoms with Crippen LogP contribution in [0.15, 0.2) is 24.3 Å². The third kappa shape index (κ3) is 15.9. The summed E-state index contributed by atoms with van der Waals surface area (Å²) in [6.07, 6.45) is -4.29. The first-order valence-corrected chi connectivity index (χ1v) is 10.2. The summed E-state index contributed by atoms with van der Waals surface area (Å²) in [6, 6.07) is 0. The number of hydrogen-bond acceptors (Lipinski definition) is 11. The second-order valence-corrected chi connectivity index (χ2v) is 6.89. The van der Waals surface area contributed by atoms with Crippen molar-refractivity contribution in [3.63, 3.8) is 0 Å². The summed E-state index contributed by atoms with van der Waals surface area (Å²) in [5.74, 6) is -1.45. The molecule has 0 saturated heterocycles. The minimum atomic E-state index is -1.41. The molecule has 0 aromatic carbocycles. The van der Waals surface area contributed by atoms with Gasteiger partial charge in [-0.3, -0.25) is 0 Å². The molecule has 0 aliphatic heterocycles. The van der Waals surface area contributed by atoms with Crippen LogP contribution in [0.25, 0.3) is 0 Å². The predicted octanol–water partition coefficient (Wildman–Crippen LogP) is 3.07. The van der Waals surface area contributed by atoms with E-state index in [0.717, 1.165) is 0 Å². The van der Waals surface area contributed by atoms with E-state index in [2.05, 4.69) is 22.6 Å². The summed E-state index contributed by atoms with van der Waals surface area (Å²) in [4.78, 5) is 55.7. The zero-order valence-corrected chi connectivity index (χ0v) is 19.1. The zero-order chi connectivity index (χ0) is 26.1. The van der Waals surface area contributed by atoms with Crippen LogP contribution in [0, 0.1) is 0 Å². The smallest absolute Gasteiger partial charge is 0.459 e. The van der Waals surface area contributed by atoms with Crippen LogP contribution in [0.5, 0.6) is 0 Å². The van der Waals surface area contributed by atoms with Gasteiger partial charge in [0.05, 0.1) is 0 Å². The maximum atomic E-state index is 11.7. The Hall–Kier alpha value is -3.77. The molecule has 13 heteroatoms. The molecule has 192 valence electrons. The van der Waals surface area contributed by atoms with Crippen LogP contribution in [-0.2, 0) is 38.0 Å². The molecule has 2 atom stereocenters. The van der Waals surface area contributed by atoms with Crippen molar-refractivity contribution in [2.75, 3.05) is 26.4 Å². The van der Waals surface area contributed by atoms with Gasteiger partial charge in [-0.15, -0.1) is 0 Å². The molecule has 13 nitrogen and oxygen atoms in total. The largest absolute Gasteiger partial charge is 0.508 e. The molecule has 2 N–H and O–H groups in total. The number of rotatable bonds is 16. The van der Waals surface area contributed by atoms with Crippen LogP contribution in [0.3, 0.4) is 0 Å². The van der Waals surface area contributed by atoms with Gasteiger partial charge in [-0.05, 0) is 39.5 Å². The lowest BCUT2D eigenvalue weighted by molar-refractivity contribution is -0.140. The van der Waals surface area contributed by atoms with Crippen LogP contribution in [-0.4, -0.2) is 79.3 Å².